The molecule has 100 valence electrons. The van der Waals surface area contributed by atoms with Crippen LogP contribution in [-0.2, 0) is 4.74 Å². The second-order valence-electron chi connectivity index (χ2n) is 4.46. The molecule has 2 aliphatic carbocycles. The molecule has 0 saturated carbocycles. The molecule has 3 aliphatic rings. The van der Waals surface area contributed by atoms with E-state index in [1.807, 2.05) is 5.92 Å². The molecule has 4 rings (SSSR count). The molecule has 0 spiro atoms. The van der Waals surface area contributed by atoms with Gasteiger partial charge in [0.1, 0.15) is 0 Å². The molecule has 0 aromatic heterocycles. The number of fused-ring (bicyclic) bond motifs is 2. The van der Waals surface area contributed by atoms with Gasteiger partial charge in [0.05, 0.1) is 11.1 Å². The lowest BCUT2D eigenvalue weighted by molar-refractivity contribution is 0.0442. The summed E-state index contributed by atoms with van der Waals surface area (Å²) in [5.41, 5.74) is 2.93. The molecule has 1 aromatic carbocycles. The van der Waals surface area contributed by atoms with Gasteiger partial charge in [0.2, 0.25) is 5.78 Å². The number of carbonyl (C=O) groups is 3. The summed E-state index contributed by atoms with van der Waals surface area (Å²) in [5, 5.41) is 0. The SMILES string of the molecule is C#CC(=O)c1cccc2c1C(=O)OC2=O.c1cc2ccc1-2. The smallest absolute Gasteiger partial charge is 0.347 e. The van der Waals surface area contributed by atoms with Crippen molar-refractivity contribution in [2.45, 2.75) is 0 Å². The minimum Gasteiger partial charge on any atom is -0.386 e. The highest BCUT2D eigenvalue weighted by molar-refractivity contribution is 6.22. The Hall–Kier alpha value is -3.19. The van der Waals surface area contributed by atoms with Crippen LogP contribution in [0.15, 0.2) is 42.5 Å². The average Bonchev–Trinajstić information content (AvgIpc) is 2.78. The van der Waals surface area contributed by atoms with Crippen molar-refractivity contribution < 1.29 is 19.1 Å². The number of rotatable bonds is 1. The summed E-state index contributed by atoms with van der Waals surface area (Å²) in [6.07, 6.45) is 4.94. The number of esters is 2. The van der Waals surface area contributed by atoms with Gasteiger partial charge in [-0.1, -0.05) is 30.3 Å². The Kier molecular flexibility index (Phi) is 2.89. The molecular formula is C17H8O4. The molecule has 0 amide bonds. The van der Waals surface area contributed by atoms with Gasteiger partial charge in [0.25, 0.3) is 0 Å². The maximum Gasteiger partial charge on any atom is 0.347 e. The summed E-state index contributed by atoms with van der Waals surface area (Å²) in [4.78, 5) is 33.7. The van der Waals surface area contributed by atoms with Crippen LogP contribution in [0.5, 0.6) is 0 Å². The predicted octanol–water partition coefficient (Wildman–Crippen LogP) is 2.48. The number of ketones is 1. The molecule has 0 saturated heterocycles. The normalized spacial score (nSPS) is 12.5. The van der Waals surface area contributed by atoms with Crippen molar-refractivity contribution in [2.75, 3.05) is 0 Å². The van der Waals surface area contributed by atoms with Crippen LogP contribution < -0.4 is 0 Å². The van der Waals surface area contributed by atoms with Crippen LogP contribution in [0.1, 0.15) is 31.1 Å². The molecule has 0 atom stereocenters. The molecule has 0 unspecified atom stereocenters. The minimum atomic E-state index is -0.825. The van der Waals surface area contributed by atoms with Crippen LogP contribution in [-0.4, -0.2) is 17.7 Å². The molecule has 4 nitrogen and oxygen atoms in total. The lowest BCUT2D eigenvalue weighted by Crippen LogP contribution is -2.05. The Morgan fingerprint density at radius 2 is 1.57 bits per heavy atom. The zero-order valence-electron chi connectivity index (χ0n) is 10.8. The largest absolute Gasteiger partial charge is 0.386 e. The zero-order valence-corrected chi connectivity index (χ0v) is 10.8. The van der Waals surface area contributed by atoms with Gasteiger partial charge in [-0.25, -0.2) is 9.59 Å². The number of ether oxygens (including phenoxy) is 1. The quantitative estimate of drug-likeness (QED) is 0.225. The van der Waals surface area contributed by atoms with Gasteiger partial charge in [0.15, 0.2) is 0 Å². The van der Waals surface area contributed by atoms with E-state index in [9.17, 15) is 14.4 Å². The number of terminal acetylenes is 1. The molecule has 4 heteroatoms. The monoisotopic (exact) mass is 276 g/mol. The predicted molar refractivity (Wildman–Crippen MR) is 74.8 cm³/mol. The topological polar surface area (TPSA) is 60.4 Å². The molecular weight excluding hydrogens is 268 g/mol. The fraction of sp³-hybridized carbons (Fsp3) is 0. The summed E-state index contributed by atoms with van der Waals surface area (Å²) < 4.78 is 4.37. The van der Waals surface area contributed by atoms with Crippen molar-refractivity contribution in [3.63, 3.8) is 0 Å². The van der Waals surface area contributed by atoms with Crippen molar-refractivity contribution in [2.24, 2.45) is 0 Å². The van der Waals surface area contributed by atoms with E-state index >= 15 is 0 Å². The summed E-state index contributed by atoms with van der Waals surface area (Å²) in [5.74, 6) is -0.325. The molecule has 21 heavy (non-hydrogen) atoms. The first-order valence-electron chi connectivity index (χ1n) is 6.12. The fourth-order valence-electron chi connectivity index (χ4n) is 2.06. The maximum atomic E-state index is 11.3. The first kappa shape index (κ1) is 12.8. The average molecular weight is 276 g/mol. The number of cyclic esters (lactones) is 2. The van der Waals surface area contributed by atoms with Crippen molar-refractivity contribution in [1.82, 2.24) is 0 Å². The maximum absolute atomic E-state index is 11.3. The number of hydrogen-bond acceptors (Lipinski definition) is 4. The second kappa shape index (κ2) is 4.73. The molecule has 1 aliphatic heterocycles. The van der Waals surface area contributed by atoms with E-state index < -0.39 is 17.7 Å². The van der Waals surface area contributed by atoms with Crippen molar-refractivity contribution in [3.05, 3.63) is 59.2 Å². The van der Waals surface area contributed by atoms with Gasteiger partial charge < -0.3 is 4.74 Å². The van der Waals surface area contributed by atoms with E-state index in [1.165, 1.54) is 29.3 Å². The third-order valence-corrected chi connectivity index (χ3v) is 3.27. The number of Topliss-reactive ketones (excluding diaryl/α,β-unsaturated/α-hetero) is 1. The van der Waals surface area contributed by atoms with Crippen LogP contribution >= 0.6 is 0 Å². The first-order chi connectivity index (χ1) is 10.1. The standard InChI is InChI=1S/C11H4O4.C6H4/c1-2-8(12)6-4-3-5-7-9(6)11(14)15-10(7)13;1-2-6-4-3-5(1)6/h1,3-5H;1-4H. The Balaban J connectivity index is 0.000000180. The summed E-state index contributed by atoms with van der Waals surface area (Å²) in [6, 6.07) is 12.8. The van der Waals surface area contributed by atoms with Crippen molar-refractivity contribution in [1.29, 1.82) is 0 Å². The molecule has 0 fully saturated rings. The Morgan fingerprint density at radius 3 is 2.05 bits per heavy atom. The number of carbonyl (C=O) groups excluding carboxylic acids is 3. The first-order valence-corrected chi connectivity index (χ1v) is 6.12. The van der Waals surface area contributed by atoms with Gasteiger partial charge in [0, 0.05) is 5.56 Å². The van der Waals surface area contributed by atoms with E-state index in [-0.39, 0.29) is 16.7 Å². The van der Waals surface area contributed by atoms with Gasteiger partial charge in [-0.15, -0.1) is 6.42 Å². The number of benzene rings is 2. The molecule has 0 radical (unpaired) electrons. The van der Waals surface area contributed by atoms with E-state index in [2.05, 4.69) is 29.0 Å². The van der Waals surface area contributed by atoms with E-state index in [1.54, 1.807) is 0 Å². The molecule has 0 N–H and O–H groups in total. The third kappa shape index (κ3) is 2.01. The van der Waals surface area contributed by atoms with E-state index in [0.717, 1.165) is 0 Å². The Labute approximate surface area is 120 Å². The van der Waals surface area contributed by atoms with Crippen LogP contribution in [0.25, 0.3) is 11.1 Å². The molecule has 1 heterocycles. The number of hydrogen-bond donors (Lipinski definition) is 0. The highest BCUT2D eigenvalue weighted by Gasteiger charge is 2.33. The highest BCUT2D eigenvalue weighted by Crippen LogP contribution is 2.29. The lowest BCUT2D eigenvalue weighted by Gasteiger charge is -2.10. The van der Waals surface area contributed by atoms with E-state index in [4.69, 9.17) is 6.42 Å². The van der Waals surface area contributed by atoms with Gasteiger partial charge in [-0.05, 0) is 29.2 Å². The van der Waals surface area contributed by atoms with Crippen LogP contribution in [0, 0.1) is 12.3 Å². The third-order valence-electron chi connectivity index (χ3n) is 3.27. The van der Waals surface area contributed by atoms with Crippen molar-refractivity contribution >= 4 is 17.7 Å². The van der Waals surface area contributed by atoms with Gasteiger partial charge in [-0.3, -0.25) is 4.79 Å². The zero-order chi connectivity index (χ0) is 15.0. The summed E-state index contributed by atoms with van der Waals surface area (Å²) in [6.45, 7) is 0. The fourth-order valence-corrected chi connectivity index (χ4v) is 2.06. The Bertz CT molecular complexity index is 802. The van der Waals surface area contributed by atoms with Gasteiger partial charge >= 0.3 is 11.9 Å². The van der Waals surface area contributed by atoms with Crippen molar-refractivity contribution in [3.8, 4) is 23.5 Å². The molecule has 1 aromatic rings. The van der Waals surface area contributed by atoms with Crippen LogP contribution in [0.2, 0.25) is 0 Å². The minimum absolute atomic E-state index is 0.0332. The van der Waals surface area contributed by atoms with E-state index in [0.29, 0.717) is 0 Å². The van der Waals surface area contributed by atoms with Gasteiger partial charge in [-0.2, -0.15) is 0 Å². The highest BCUT2D eigenvalue weighted by atomic mass is 16.6. The lowest BCUT2D eigenvalue weighted by atomic mass is 9.95. The summed E-state index contributed by atoms with van der Waals surface area (Å²) in [7, 11) is 0. The second-order valence-corrected chi connectivity index (χ2v) is 4.46. The summed E-state index contributed by atoms with van der Waals surface area (Å²) >= 11 is 0. The van der Waals surface area contributed by atoms with Crippen LogP contribution in [0.4, 0.5) is 0 Å². The molecule has 0 bridgehead atoms. The Morgan fingerprint density at radius 1 is 0.952 bits per heavy atom. The van der Waals surface area contributed by atoms with Crippen LogP contribution in [0.3, 0.4) is 0 Å².